The average Bonchev–Trinajstić information content (AvgIpc) is 3.24. The van der Waals surface area contributed by atoms with Gasteiger partial charge in [-0.05, 0) is 24.3 Å². The molecule has 2 amide bonds. The molecule has 0 unspecified atom stereocenters. The number of hydrogen-bond donors (Lipinski definition) is 2. The van der Waals surface area contributed by atoms with Crippen molar-refractivity contribution in [2.75, 3.05) is 5.32 Å². The monoisotopic (exact) mass is 484 g/mol. The Labute approximate surface area is 195 Å². The zero-order chi connectivity index (χ0) is 25.3. The molecular weight excluding hydrogens is 468 g/mol. The Bertz CT molecular complexity index is 1430. The van der Waals surface area contributed by atoms with Crippen LogP contribution >= 0.6 is 0 Å². The van der Waals surface area contributed by atoms with Gasteiger partial charge in [0, 0.05) is 24.4 Å². The van der Waals surface area contributed by atoms with Gasteiger partial charge in [0.05, 0.1) is 22.5 Å². The minimum Gasteiger partial charge on any atom is -0.364 e. The molecule has 4 aromatic rings. The fourth-order valence-electron chi connectivity index (χ4n) is 3.36. The number of carbonyl (C=O) groups is 2. The highest BCUT2D eigenvalue weighted by atomic mass is 19.4. The first-order chi connectivity index (χ1) is 16.5. The lowest BCUT2D eigenvalue weighted by molar-refractivity contribution is -0.137. The van der Waals surface area contributed by atoms with Crippen molar-refractivity contribution in [2.45, 2.75) is 6.18 Å². The van der Waals surface area contributed by atoms with E-state index in [1.165, 1.54) is 24.0 Å². The van der Waals surface area contributed by atoms with Crippen LogP contribution in [0.4, 0.5) is 23.2 Å². The van der Waals surface area contributed by atoms with Gasteiger partial charge in [0.1, 0.15) is 11.5 Å². The van der Waals surface area contributed by atoms with E-state index in [0.29, 0.717) is 5.56 Å². The third-order valence-electron chi connectivity index (χ3n) is 4.99. The second kappa shape index (κ2) is 8.97. The summed E-state index contributed by atoms with van der Waals surface area (Å²) in [4.78, 5) is 24.6. The SMILES string of the molecule is Cn1ccc(-c2cc(C(=O)Nc3cc(C(N)=O)nnc3-c3ccccc3)c(F)cc2C(F)(F)F)n1. The summed E-state index contributed by atoms with van der Waals surface area (Å²) in [6.07, 6.45) is -3.48. The van der Waals surface area contributed by atoms with Crippen LogP contribution in [-0.2, 0) is 13.2 Å². The number of aryl methyl sites for hydroxylation is 1. The summed E-state index contributed by atoms with van der Waals surface area (Å²) in [5, 5.41) is 14.0. The fraction of sp³-hybridized carbons (Fsp3) is 0.0870. The van der Waals surface area contributed by atoms with E-state index in [1.54, 1.807) is 30.3 Å². The zero-order valence-electron chi connectivity index (χ0n) is 18.0. The quantitative estimate of drug-likeness (QED) is 0.415. The Kier molecular flexibility index (Phi) is 6.03. The van der Waals surface area contributed by atoms with E-state index in [4.69, 9.17) is 5.73 Å². The smallest absolute Gasteiger partial charge is 0.364 e. The molecule has 0 bridgehead atoms. The number of nitrogens with one attached hydrogen (secondary N) is 1. The van der Waals surface area contributed by atoms with Crippen molar-refractivity contribution in [3.8, 4) is 22.5 Å². The minimum atomic E-state index is -4.89. The number of anilines is 1. The second-order valence-electron chi connectivity index (χ2n) is 7.43. The van der Waals surface area contributed by atoms with E-state index in [9.17, 15) is 27.2 Å². The Hall–Kier alpha value is -4.61. The van der Waals surface area contributed by atoms with Crippen molar-refractivity contribution in [2.24, 2.45) is 12.8 Å². The summed E-state index contributed by atoms with van der Waals surface area (Å²) in [6.45, 7) is 0. The molecule has 2 heterocycles. The van der Waals surface area contributed by atoms with Gasteiger partial charge in [-0.3, -0.25) is 14.3 Å². The number of nitrogens with two attached hydrogens (primary N) is 1. The first kappa shape index (κ1) is 23.5. The number of carbonyl (C=O) groups excluding carboxylic acids is 2. The maximum Gasteiger partial charge on any atom is 0.417 e. The molecule has 0 aliphatic heterocycles. The lowest BCUT2D eigenvalue weighted by Gasteiger charge is -2.15. The van der Waals surface area contributed by atoms with Crippen molar-refractivity contribution in [1.29, 1.82) is 0 Å². The molecule has 0 saturated carbocycles. The zero-order valence-corrected chi connectivity index (χ0v) is 18.0. The van der Waals surface area contributed by atoms with Crippen LogP contribution in [-0.4, -0.2) is 31.8 Å². The molecule has 35 heavy (non-hydrogen) atoms. The van der Waals surface area contributed by atoms with Gasteiger partial charge in [0.25, 0.3) is 11.8 Å². The Morgan fingerprint density at radius 3 is 2.34 bits per heavy atom. The highest BCUT2D eigenvalue weighted by Crippen LogP contribution is 2.38. The van der Waals surface area contributed by atoms with Crippen LogP contribution in [0.25, 0.3) is 22.5 Å². The lowest BCUT2D eigenvalue weighted by atomic mass is 9.99. The summed E-state index contributed by atoms with van der Waals surface area (Å²) < 4.78 is 56.9. The molecule has 12 heteroatoms. The summed E-state index contributed by atoms with van der Waals surface area (Å²) >= 11 is 0. The molecule has 178 valence electrons. The van der Waals surface area contributed by atoms with Crippen LogP contribution in [0.1, 0.15) is 26.4 Å². The van der Waals surface area contributed by atoms with Crippen LogP contribution in [0.3, 0.4) is 0 Å². The maximum atomic E-state index is 14.8. The van der Waals surface area contributed by atoms with Gasteiger partial charge in [-0.2, -0.15) is 18.3 Å². The molecule has 0 saturated heterocycles. The minimum absolute atomic E-state index is 0.0383. The maximum absolute atomic E-state index is 14.8. The number of amides is 2. The van der Waals surface area contributed by atoms with E-state index in [-0.39, 0.29) is 28.8 Å². The fourth-order valence-corrected chi connectivity index (χ4v) is 3.36. The van der Waals surface area contributed by atoms with E-state index >= 15 is 0 Å². The number of primary amides is 1. The third-order valence-corrected chi connectivity index (χ3v) is 4.99. The number of aromatic nitrogens is 4. The lowest BCUT2D eigenvalue weighted by Crippen LogP contribution is -2.19. The van der Waals surface area contributed by atoms with Crippen LogP contribution in [0.15, 0.2) is 60.8 Å². The summed E-state index contributed by atoms with van der Waals surface area (Å²) in [7, 11) is 1.51. The van der Waals surface area contributed by atoms with Crippen molar-refractivity contribution >= 4 is 17.5 Å². The first-order valence-corrected chi connectivity index (χ1v) is 9.99. The predicted octanol–water partition coefficient (Wildman–Crippen LogP) is 4.05. The number of hydrogen-bond acceptors (Lipinski definition) is 5. The van der Waals surface area contributed by atoms with E-state index in [0.717, 1.165) is 12.1 Å². The molecule has 0 fully saturated rings. The van der Waals surface area contributed by atoms with Gasteiger partial charge in [-0.15, -0.1) is 10.2 Å². The first-order valence-electron chi connectivity index (χ1n) is 9.99. The molecule has 0 aliphatic carbocycles. The molecule has 2 aromatic carbocycles. The molecular formula is C23H16F4N6O2. The van der Waals surface area contributed by atoms with Crippen LogP contribution in [0, 0.1) is 5.82 Å². The van der Waals surface area contributed by atoms with Crippen LogP contribution < -0.4 is 11.1 Å². The van der Waals surface area contributed by atoms with Gasteiger partial charge in [0.15, 0.2) is 5.69 Å². The molecule has 3 N–H and O–H groups in total. The van der Waals surface area contributed by atoms with Gasteiger partial charge in [-0.1, -0.05) is 30.3 Å². The number of nitrogens with zero attached hydrogens (tertiary/aromatic N) is 4. The van der Waals surface area contributed by atoms with Crippen LogP contribution in [0.5, 0.6) is 0 Å². The number of benzene rings is 2. The number of rotatable bonds is 5. The highest BCUT2D eigenvalue weighted by Gasteiger charge is 2.36. The molecule has 2 aromatic heterocycles. The normalized spacial score (nSPS) is 11.3. The molecule has 4 rings (SSSR count). The summed E-state index contributed by atoms with van der Waals surface area (Å²) in [5.74, 6) is -3.40. The van der Waals surface area contributed by atoms with Crippen molar-refractivity contribution < 1.29 is 27.2 Å². The van der Waals surface area contributed by atoms with Crippen molar-refractivity contribution in [1.82, 2.24) is 20.0 Å². The Balaban J connectivity index is 1.81. The molecule has 0 atom stereocenters. The summed E-state index contributed by atoms with van der Waals surface area (Å²) in [6, 6.07) is 11.9. The number of halogens is 4. The largest absolute Gasteiger partial charge is 0.417 e. The highest BCUT2D eigenvalue weighted by molar-refractivity contribution is 6.07. The van der Waals surface area contributed by atoms with Crippen LogP contribution in [0.2, 0.25) is 0 Å². The van der Waals surface area contributed by atoms with Gasteiger partial charge in [-0.25, -0.2) is 4.39 Å². The Morgan fingerprint density at radius 2 is 1.74 bits per heavy atom. The van der Waals surface area contributed by atoms with E-state index < -0.39 is 40.5 Å². The topological polar surface area (TPSA) is 116 Å². The van der Waals surface area contributed by atoms with Crippen molar-refractivity contribution in [3.63, 3.8) is 0 Å². The molecule has 0 radical (unpaired) electrons. The molecule has 8 nitrogen and oxygen atoms in total. The van der Waals surface area contributed by atoms with Crippen molar-refractivity contribution in [3.05, 3.63) is 83.4 Å². The Morgan fingerprint density at radius 1 is 1.03 bits per heavy atom. The van der Waals surface area contributed by atoms with E-state index in [1.807, 2.05) is 0 Å². The second-order valence-corrected chi connectivity index (χ2v) is 7.43. The van der Waals surface area contributed by atoms with Gasteiger partial charge >= 0.3 is 6.18 Å². The molecule has 0 spiro atoms. The number of alkyl halides is 3. The van der Waals surface area contributed by atoms with Gasteiger partial charge in [0.2, 0.25) is 0 Å². The predicted molar refractivity (Wildman–Crippen MR) is 118 cm³/mol. The standard InChI is InChI=1S/C23H16F4N6O2/c1-33-8-7-17(32-33)13-9-14(16(24)10-15(13)23(25,26)27)22(35)29-18-11-19(21(28)34)30-31-20(18)12-5-3-2-4-6-12/h2-11H,1H3,(H2,28,34)(H,29,30,35). The van der Waals surface area contributed by atoms with E-state index in [2.05, 4.69) is 20.6 Å². The third kappa shape index (κ3) is 4.86. The summed E-state index contributed by atoms with van der Waals surface area (Å²) in [5.41, 5.74) is 3.06. The average molecular weight is 484 g/mol. The van der Waals surface area contributed by atoms with Gasteiger partial charge < -0.3 is 11.1 Å². The molecule has 0 aliphatic rings.